The van der Waals surface area contributed by atoms with Gasteiger partial charge in [0.25, 0.3) is 0 Å². The van der Waals surface area contributed by atoms with Crippen molar-refractivity contribution in [2.24, 2.45) is 11.3 Å². The lowest BCUT2D eigenvalue weighted by Gasteiger charge is -2.45. The van der Waals surface area contributed by atoms with Crippen LogP contribution in [0, 0.1) is 11.3 Å². The molecule has 2 heterocycles. The maximum atomic E-state index is 11.7. The van der Waals surface area contributed by atoms with Gasteiger partial charge >= 0.3 is 5.97 Å². The minimum absolute atomic E-state index is 0.493. The van der Waals surface area contributed by atoms with Gasteiger partial charge in [-0.1, -0.05) is 20.8 Å². The first-order valence-electron chi connectivity index (χ1n) is 8.66. The van der Waals surface area contributed by atoms with Gasteiger partial charge in [-0.2, -0.15) is 0 Å². The summed E-state index contributed by atoms with van der Waals surface area (Å²) in [5.74, 6) is 0.142. The van der Waals surface area contributed by atoms with Crippen LogP contribution in [0.4, 0.5) is 0 Å². The van der Waals surface area contributed by atoms with Crippen molar-refractivity contribution in [2.45, 2.75) is 58.9 Å². The van der Waals surface area contributed by atoms with Crippen molar-refractivity contribution in [2.75, 3.05) is 32.7 Å². The van der Waals surface area contributed by atoms with Gasteiger partial charge < -0.3 is 10.0 Å². The second-order valence-corrected chi connectivity index (χ2v) is 7.44. The smallest absolute Gasteiger partial charge is 0.310 e. The van der Waals surface area contributed by atoms with E-state index < -0.39 is 11.4 Å². The predicted molar refractivity (Wildman–Crippen MR) is 85.5 cm³/mol. The van der Waals surface area contributed by atoms with Crippen molar-refractivity contribution in [3.63, 3.8) is 0 Å². The Morgan fingerprint density at radius 3 is 2.48 bits per heavy atom. The summed E-state index contributed by atoms with van der Waals surface area (Å²) in [7, 11) is 0. The summed E-state index contributed by atoms with van der Waals surface area (Å²) in [4.78, 5) is 16.7. The number of hydrogen-bond donors (Lipinski definition) is 1. The molecular weight excluding hydrogens is 264 g/mol. The molecule has 1 unspecified atom stereocenters. The molecule has 2 rings (SSSR count). The zero-order valence-electron chi connectivity index (χ0n) is 14.0. The van der Waals surface area contributed by atoms with Gasteiger partial charge in [0.1, 0.15) is 0 Å². The standard InChI is InChI=1S/C17H32N2O2/c1-4-17(16(20)21)8-5-9-19(13-17)15-6-10-18(11-7-15)12-14(2)3/h14-15H,4-13H2,1-3H3,(H,20,21). The molecule has 2 aliphatic heterocycles. The Kier molecular flexibility index (Phi) is 5.67. The van der Waals surface area contributed by atoms with E-state index in [0.717, 1.165) is 38.3 Å². The maximum absolute atomic E-state index is 11.7. The van der Waals surface area contributed by atoms with E-state index in [-0.39, 0.29) is 0 Å². The van der Waals surface area contributed by atoms with Gasteiger partial charge in [-0.05, 0) is 57.7 Å². The Labute approximate surface area is 129 Å². The number of hydrogen-bond acceptors (Lipinski definition) is 3. The first-order chi connectivity index (χ1) is 9.97. The second-order valence-electron chi connectivity index (χ2n) is 7.44. The number of rotatable bonds is 5. The van der Waals surface area contributed by atoms with E-state index in [1.54, 1.807) is 0 Å². The highest BCUT2D eigenvalue weighted by molar-refractivity contribution is 5.75. The Hall–Kier alpha value is -0.610. The SMILES string of the molecule is CCC1(C(=O)O)CCCN(C2CCN(CC(C)C)CC2)C1. The Morgan fingerprint density at radius 1 is 1.29 bits per heavy atom. The van der Waals surface area contributed by atoms with Crippen LogP contribution in [0.25, 0.3) is 0 Å². The van der Waals surface area contributed by atoms with Crippen LogP contribution in [-0.2, 0) is 4.79 Å². The van der Waals surface area contributed by atoms with Crippen LogP contribution in [0.15, 0.2) is 0 Å². The third-order valence-electron chi connectivity index (χ3n) is 5.43. The first-order valence-corrected chi connectivity index (χ1v) is 8.66. The topological polar surface area (TPSA) is 43.8 Å². The molecule has 0 aromatic rings. The molecule has 21 heavy (non-hydrogen) atoms. The summed E-state index contributed by atoms with van der Waals surface area (Å²) in [6.07, 6.45) is 5.04. The number of likely N-dealkylation sites (tertiary alicyclic amines) is 2. The summed E-state index contributed by atoms with van der Waals surface area (Å²) in [6, 6.07) is 0.596. The molecule has 1 N–H and O–H groups in total. The number of carboxylic acid groups (broad SMARTS) is 1. The van der Waals surface area contributed by atoms with Crippen LogP contribution in [0.1, 0.15) is 52.9 Å². The fraction of sp³-hybridized carbons (Fsp3) is 0.941. The van der Waals surface area contributed by atoms with Crippen LogP contribution in [-0.4, -0.2) is 59.6 Å². The monoisotopic (exact) mass is 296 g/mol. The van der Waals surface area contributed by atoms with Crippen molar-refractivity contribution >= 4 is 5.97 Å². The molecule has 2 saturated heterocycles. The van der Waals surface area contributed by atoms with Gasteiger partial charge in [0.15, 0.2) is 0 Å². The predicted octanol–water partition coefficient (Wildman–Crippen LogP) is 2.68. The van der Waals surface area contributed by atoms with Crippen molar-refractivity contribution in [1.82, 2.24) is 9.80 Å². The summed E-state index contributed by atoms with van der Waals surface area (Å²) in [6.45, 7) is 12.0. The molecule has 0 aromatic carbocycles. The fourth-order valence-corrected chi connectivity index (χ4v) is 4.08. The molecule has 4 nitrogen and oxygen atoms in total. The lowest BCUT2D eigenvalue weighted by molar-refractivity contribution is -0.153. The van der Waals surface area contributed by atoms with E-state index in [1.165, 1.54) is 32.5 Å². The van der Waals surface area contributed by atoms with Crippen LogP contribution in [0.2, 0.25) is 0 Å². The molecule has 122 valence electrons. The molecular formula is C17H32N2O2. The zero-order chi connectivity index (χ0) is 15.5. The van der Waals surface area contributed by atoms with Crippen LogP contribution < -0.4 is 0 Å². The molecule has 0 radical (unpaired) electrons. The van der Waals surface area contributed by atoms with Crippen molar-refractivity contribution < 1.29 is 9.90 Å². The highest BCUT2D eigenvalue weighted by Gasteiger charge is 2.42. The van der Waals surface area contributed by atoms with E-state index in [9.17, 15) is 9.90 Å². The van der Waals surface area contributed by atoms with E-state index in [0.29, 0.717) is 6.04 Å². The lowest BCUT2D eigenvalue weighted by atomic mass is 9.77. The van der Waals surface area contributed by atoms with E-state index in [4.69, 9.17) is 0 Å². The third-order valence-corrected chi connectivity index (χ3v) is 5.43. The van der Waals surface area contributed by atoms with Crippen molar-refractivity contribution in [1.29, 1.82) is 0 Å². The number of nitrogens with zero attached hydrogens (tertiary/aromatic N) is 2. The maximum Gasteiger partial charge on any atom is 0.310 e. The number of carboxylic acids is 1. The summed E-state index contributed by atoms with van der Waals surface area (Å²) >= 11 is 0. The van der Waals surface area contributed by atoms with Gasteiger partial charge in [-0.3, -0.25) is 9.69 Å². The summed E-state index contributed by atoms with van der Waals surface area (Å²) in [5, 5.41) is 9.61. The molecule has 4 heteroatoms. The fourth-order valence-electron chi connectivity index (χ4n) is 4.08. The Bertz CT molecular complexity index is 351. The molecule has 2 fully saturated rings. The third kappa shape index (κ3) is 3.98. The van der Waals surface area contributed by atoms with Gasteiger partial charge in [-0.25, -0.2) is 0 Å². The summed E-state index contributed by atoms with van der Waals surface area (Å²) < 4.78 is 0. The summed E-state index contributed by atoms with van der Waals surface area (Å²) in [5.41, 5.74) is -0.493. The van der Waals surface area contributed by atoms with E-state index in [2.05, 4.69) is 23.6 Å². The number of carbonyl (C=O) groups is 1. The Morgan fingerprint density at radius 2 is 1.95 bits per heavy atom. The molecule has 2 aliphatic rings. The number of aliphatic carboxylic acids is 1. The largest absolute Gasteiger partial charge is 0.481 e. The first kappa shape index (κ1) is 16.8. The molecule has 0 bridgehead atoms. The van der Waals surface area contributed by atoms with Crippen LogP contribution in [0.5, 0.6) is 0 Å². The number of piperidine rings is 2. The average Bonchev–Trinajstić information content (AvgIpc) is 2.47. The van der Waals surface area contributed by atoms with Crippen molar-refractivity contribution in [3.8, 4) is 0 Å². The minimum Gasteiger partial charge on any atom is -0.481 e. The van der Waals surface area contributed by atoms with Crippen LogP contribution in [0.3, 0.4) is 0 Å². The van der Waals surface area contributed by atoms with Gasteiger partial charge in [0.2, 0.25) is 0 Å². The normalized spacial score (nSPS) is 29.9. The molecule has 0 saturated carbocycles. The molecule has 0 spiro atoms. The molecule has 0 amide bonds. The van der Waals surface area contributed by atoms with E-state index in [1.807, 2.05) is 6.92 Å². The van der Waals surface area contributed by atoms with Gasteiger partial charge in [-0.15, -0.1) is 0 Å². The lowest BCUT2D eigenvalue weighted by Crippen LogP contribution is -2.53. The molecule has 1 atom stereocenters. The van der Waals surface area contributed by atoms with E-state index >= 15 is 0 Å². The second kappa shape index (κ2) is 7.10. The average molecular weight is 296 g/mol. The van der Waals surface area contributed by atoms with Gasteiger partial charge in [0.05, 0.1) is 5.41 Å². The molecule has 0 aromatic heterocycles. The highest BCUT2D eigenvalue weighted by Crippen LogP contribution is 2.35. The molecule has 0 aliphatic carbocycles. The highest BCUT2D eigenvalue weighted by atomic mass is 16.4. The minimum atomic E-state index is -0.591. The van der Waals surface area contributed by atoms with Gasteiger partial charge in [0, 0.05) is 19.1 Å². The zero-order valence-corrected chi connectivity index (χ0v) is 14.0. The van der Waals surface area contributed by atoms with Crippen molar-refractivity contribution in [3.05, 3.63) is 0 Å². The Balaban J connectivity index is 1.90. The van der Waals surface area contributed by atoms with Crippen LogP contribution >= 0.6 is 0 Å². The quantitative estimate of drug-likeness (QED) is 0.847.